The van der Waals surface area contributed by atoms with Gasteiger partial charge in [0.05, 0.1) is 13.0 Å². The number of carbonyl (C=O) groups excluding carboxylic acids is 2. The molecule has 0 saturated heterocycles. The Morgan fingerprint density at radius 1 is 1.15 bits per heavy atom. The van der Waals surface area contributed by atoms with Crippen LogP contribution in [0.4, 0.5) is 5.69 Å². The largest absolute Gasteiger partial charge is 0.493 e. The molecule has 7 nitrogen and oxygen atoms in total. The maximum Gasteiger partial charge on any atom is 0.277 e. The molecule has 0 fully saturated rings. The predicted octanol–water partition coefficient (Wildman–Crippen LogP) is 3.50. The zero-order chi connectivity index (χ0) is 19.2. The van der Waals surface area contributed by atoms with Crippen molar-refractivity contribution in [1.82, 2.24) is 5.16 Å². The normalized spacial score (nSPS) is 10.4. The summed E-state index contributed by atoms with van der Waals surface area (Å²) < 4.78 is 10.6. The second kappa shape index (κ2) is 8.37. The van der Waals surface area contributed by atoms with E-state index in [1.165, 1.54) is 0 Å². The number of anilines is 1. The minimum absolute atomic E-state index is 0.138. The smallest absolute Gasteiger partial charge is 0.277 e. The van der Waals surface area contributed by atoms with E-state index in [2.05, 4.69) is 10.5 Å². The maximum absolute atomic E-state index is 12.3. The van der Waals surface area contributed by atoms with Crippen LogP contribution in [0.3, 0.4) is 0 Å². The molecule has 0 unspecified atom stereocenters. The van der Waals surface area contributed by atoms with Gasteiger partial charge in [0.1, 0.15) is 5.75 Å². The molecule has 1 heterocycles. The van der Waals surface area contributed by atoms with Crippen LogP contribution in [0.1, 0.15) is 16.9 Å². The molecule has 27 heavy (non-hydrogen) atoms. The number of nitrogens with one attached hydrogen (secondary N) is 1. The van der Waals surface area contributed by atoms with Crippen molar-refractivity contribution in [2.75, 3.05) is 11.9 Å². The van der Waals surface area contributed by atoms with E-state index in [0.29, 0.717) is 22.2 Å². The zero-order valence-corrected chi connectivity index (χ0v) is 14.9. The van der Waals surface area contributed by atoms with Crippen LogP contribution in [0.15, 0.2) is 59.1 Å². The first-order valence-electron chi connectivity index (χ1n) is 8.06. The number of rotatable bonds is 7. The summed E-state index contributed by atoms with van der Waals surface area (Å²) in [7, 11) is 0. The van der Waals surface area contributed by atoms with E-state index in [9.17, 15) is 9.59 Å². The number of carbonyl (C=O) groups is 2. The molecule has 0 atom stereocenters. The Morgan fingerprint density at radius 2 is 1.93 bits per heavy atom. The molecular weight excluding hydrogens is 370 g/mol. The fourth-order valence-corrected chi connectivity index (χ4v) is 2.45. The first kappa shape index (κ1) is 18.5. The quantitative estimate of drug-likeness (QED) is 0.647. The number of nitrogens with zero attached hydrogens (tertiary/aromatic N) is 1. The third-order valence-electron chi connectivity index (χ3n) is 3.58. The lowest BCUT2D eigenvalue weighted by molar-refractivity contribution is -0.118. The van der Waals surface area contributed by atoms with Gasteiger partial charge in [0.15, 0.2) is 11.5 Å². The van der Waals surface area contributed by atoms with Gasteiger partial charge in [-0.25, -0.2) is 0 Å². The van der Waals surface area contributed by atoms with Gasteiger partial charge in [0.25, 0.3) is 5.91 Å². The molecule has 0 spiro atoms. The molecule has 0 saturated carbocycles. The maximum atomic E-state index is 12.3. The number of halogens is 1. The van der Waals surface area contributed by atoms with Crippen LogP contribution in [0.25, 0.3) is 11.3 Å². The van der Waals surface area contributed by atoms with Crippen molar-refractivity contribution in [3.63, 3.8) is 0 Å². The van der Waals surface area contributed by atoms with Crippen molar-refractivity contribution < 1.29 is 18.8 Å². The van der Waals surface area contributed by atoms with Crippen molar-refractivity contribution in [2.45, 2.75) is 6.42 Å². The highest BCUT2D eigenvalue weighted by Gasteiger charge is 2.14. The highest BCUT2D eigenvalue weighted by Crippen LogP contribution is 2.24. The van der Waals surface area contributed by atoms with Gasteiger partial charge in [-0.3, -0.25) is 9.59 Å². The molecule has 2 aromatic carbocycles. The Bertz CT molecular complexity index is 954. The summed E-state index contributed by atoms with van der Waals surface area (Å²) >= 11 is 5.96. The molecule has 0 aliphatic carbocycles. The van der Waals surface area contributed by atoms with Gasteiger partial charge in [-0.2, -0.15) is 0 Å². The number of amides is 2. The fourth-order valence-electron chi connectivity index (χ4n) is 2.26. The van der Waals surface area contributed by atoms with E-state index < -0.39 is 11.8 Å². The molecule has 3 rings (SSSR count). The Balaban J connectivity index is 1.61. The highest BCUT2D eigenvalue weighted by molar-refractivity contribution is 6.30. The summed E-state index contributed by atoms with van der Waals surface area (Å²) in [5.74, 6) is 0.179. The number of hydrogen-bond acceptors (Lipinski definition) is 5. The number of benzene rings is 2. The first-order valence-corrected chi connectivity index (χ1v) is 8.44. The molecule has 2 amide bonds. The molecule has 0 aliphatic rings. The number of primary amides is 1. The summed E-state index contributed by atoms with van der Waals surface area (Å²) in [6.07, 6.45) is 0.138. The Hall–Kier alpha value is -3.32. The van der Waals surface area contributed by atoms with Crippen LogP contribution in [-0.4, -0.2) is 23.6 Å². The van der Waals surface area contributed by atoms with Gasteiger partial charge >= 0.3 is 0 Å². The molecule has 138 valence electrons. The van der Waals surface area contributed by atoms with Crippen LogP contribution < -0.4 is 15.8 Å². The molecule has 0 aliphatic heterocycles. The molecule has 0 bridgehead atoms. The van der Waals surface area contributed by atoms with E-state index in [1.54, 1.807) is 48.5 Å². The number of aromatic nitrogens is 1. The average Bonchev–Trinajstić information content (AvgIpc) is 3.13. The van der Waals surface area contributed by atoms with E-state index in [4.69, 9.17) is 26.6 Å². The topological polar surface area (TPSA) is 107 Å². The van der Waals surface area contributed by atoms with E-state index >= 15 is 0 Å². The number of nitrogens with two attached hydrogens (primary N) is 1. The van der Waals surface area contributed by atoms with Gasteiger partial charge in [0.2, 0.25) is 5.91 Å². The van der Waals surface area contributed by atoms with Crippen molar-refractivity contribution in [2.24, 2.45) is 5.73 Å². The van der Waals surface area contributed by atoms with Crippen molar-refractivity contribution in [3.8, 4) is 17.1 Å². The second-order valence-corrected chi connectivity index (χ2v) is 6.07. The van der Waals surface area contributed by atoms with Gasteiger partial charge < -0.3 is 20.3 Å². The van der Waals surface area contributed by atoms with E-state index in [-0.39, 0.29) is 18.7 Å². The lowest BCUT2D eigenvalue weighted by Crippen LogP contribution is -2.14. The minimum Gasteiger partial charge on any atom is -0.493 e. The van der Waals surface area contributed by atoms with Crippen molar-refractivity contribution in [3.05, 3.63) is 65.3 Å². The van der Waals surface area contributed by atoms with Crippen LogP contribution in [-0.2, 0) is 4.79 Å². The van der Waals surface area contributed by atoms with E-state index in [0.717, 1.165) is 5.56 Å². The molecule has 3 N–H and O–H groups in total. The molecule has 0 radical (unpaired) electrons. The lowest BCUT2D eigenvalue weighted by atomic mass is 10.1. The SMILES string of the molecule is NC(=O)CCOc1ccc(NC(=O)c2cc(-c3cccc(Cl)c3)on2)cc1. The monoisotopic (exact) mass is 385 g/mol. The van der Waals surface area contributed by atoms with Gasteiger partial charge in [-0.05, 0) is 36.4 Å². The Morgan fingerprint density at radius 3 is 2.63 bits per heavy atom. The van der Waals surface area contributed by atoms with Gasteiger partial charge in [-0.1, -0.05) is 28.9 Å². The molecule has 8 heteroatoms. The molecule has 1 aromatic heterocycles. The summed E-state index contributed by atoms with van der Waals surface area (Å²) in [6, 6.07) is 15.3. The Kier molecular flexibility index (Phi) is 5.73. The van der Waals surface area contributed by atoms with Crippen LogP contribution in [0.2, 0.25) is 5.02 Å². The van der Waals surface area contributed by atoms with Crippen LogP contribution in [0, 0.1) is 0 Å². The lowest BCUT2D eigenvalue weighted by Gasteiger charge is -2.06. The van der Waals surface area contributed by atoms with Gasteiger partial charge in [-0.15, -0.1) is 0 Å². The number of ether oxygens (including phenoxy) is 1. The van der Waals surface area contributed by atoms with Gasteiger partial charge in [0, 0.05) is 22.3 Å². The van der Waals surface area contributed by atoms with Crippen molar-refractivity contribution >= 4 is 29.1 Å². The fraction of sp³-hybridized carbons (Fsp3) is 0.105. The molecule has 3 aromatic rings. The highest BCUT2D eigenvalue weighted by atomic mass is 35.5. The van der Waals surface area contributed by atoms with Crippen LogP contribution >= 0.6 is 11.6 Å². The van der Waals surface area contributed by atoms with Crippen molar-refractivity contribution in [1.29, 1.82) is 0 Å². The standard InChI is InChI=1S/C19H16ClN3O4/c20-13-3-1-2-12(10-13)17-11-16(23-27-17)19(25)22-14-4-6-15(7-5-14)26-9-8-18(21)24/h1-7,10-11H,8-9H2,(H2,21,24)(H,22,25). The minimum atomic E-state index is -0.427. The zero-order valence-electron chi connectivity index (χ0n) is 14.1. The summed E-state index contributed by atoms with van der Waals surface area (Å²) in [6.45, 7) is 0.201. The third kappa shape index (κ3) is 5.08. The van der Waals surface area contributed by atoms with E-state index in [1.807, 2.05) is 6.07 Å². The Labute approximate surface area is 160 Å². The average molecular weight is 386 g/mol. The predicted molar refractivity (Wildman–Crippen MR) is 101 cm³/mol. The summed E-state index contributed by atoms with van der Waals surface area (Å²) in [5.41, 5.74) is 6.49. The first-order chi connectivity index (χ1) is 13.0. The summed E-state index contributed by atoms with van der Waals surface area (Å²) in [5, 5.41) is 7.08. The molecular formula is C19H16ClN3O4. The summed E-state index contributed by atoms with van der Waals surface area (Å²) in [4.78, 5) is 23.0. The van der Waals surface area contributed by atoms with Crippen LogP contribution in [0.5, 0.6) is 5.75 Å². The third-order valence-corrected chi connectivity index (χ3v) is 3.82. The number of hydrogen-bond donors (Lipinski definition) is 2. The second-order valence-electron chi connectivity index (χ2n) is 5.63.